The van der Waals surface area contributed by atoms with Crippen molar-refractivity contribution >= 4 is 17.2 Å². The number of aryl methyl sites for hydroxylation is 1. The topological polar surface area (TPSA) is 51.7 Å². The van der Waals surface area contributed by atoms with Crippen LogP contribution in [-0.4, -0.2) is 35.5 Å². The normalized spacial score (nSPS) is 10.9. The van der Waals surface area contributed by atoms with Gasteiger partial charge in [-0.2, -0.15) is 0 Å². The summed E-state index contributed by atoms with van der Waals surface area (Å²) in [6.45, 7) is 7.03. The Morgan fingerprint density at radius 1 is 1.29 bits per heavy atom. The summed E-state index contributed by atoms with van der Waals surface area (Å²) in [7, 11) is 1.53. The molecule has 0 atom stereocenters. The van der Waals surface area contributed by atoms with Gasteiger partial charge < -0.3 is 14.4 Å². The fraction of sp³-hybridized carbons (Fsp3) is 0.444. The van der Waals surface area contributed by atoms with Crippen molar-refractivity contribution in [2.24, 2.45) is 0 Å². The predicted molar refractivity (Wildman–Crippen MR) is 95.2 cm³/mol. The van der Waals surface area contributed by atoms with Gasteiger partial charge in [-0.1, -0.05) is 17.7 Å². The molecule has 0 N–H and O–H groups in total. The van der Waals surface area contributed by atoms with Crippen LogP contribution in [0.3, 0.4) is 0 Å². The molecule has 1 aromatic carbocycles. The number of rotatable bonds is 8. The molecule has 0 unspecified atom stereocenters. The van der Waals surface area contributed by atoms with Gasteiger partial charge in [0, 0.05) is 18.5 Å². The molecule has 1 amide bonds. The Bertz CT molecular complexity index is 653. The van der Waals surface area contributed by atoms with Gasteiger partial charge in [-0.05, 0) is 32.9 Å². The summed E-state index contributed by atoms with van der Waals surface area (Å²) in [5.74, 6) is 0.800. The molecular weight excluding hydrogens is 324 g/mol. The van der Waals surface area contributed by atoms with E-state index in [2.05, 4.69) is 4.98 Å². The number of amides is 1. The Labute approximate surface area is 147 Å². The third-order valence-electron chi connectivity index (χ3n) is 3.53. The molecule has 24 heavy (non-hydrogen) atoms. The van der Waals surface area contributed by atoms with Gasteiger partial charge >= 0.3 is 0 Å². The first kappa shape index (κ1) is 18.4. The third kappa shape index (κ3) is 5.32. The number of thiazole rings is 1. The van der Waals surface area contributed by atoms with E-state index < -0.39 is 0 Å². The van der Waals surface area contributed by atoms with Gasteiger partial charge in [0.1, 0.15) is 24.0 Å². The average Bonchev–Trinajstić information content (AvgIpc) is 2.99. The van der Waals surface area contributed by atoms with Gasteiger partial charge in [0.15, 0.2) is 0 Å². The molecule has 0 aliphatic carbocycles. The number of nitrogens with zero attached hydrogens (tertiary/aromatic N) is 2. The summed E-state index contributed by atoms with van der Waals surface area (Å²) < 4.78 is 10.7. The van der Waals surface area contributed by atoms with Crippen LogP contribution >= 0.6 is 11.3 Å². The average molecular weight is 348 g/mol. The first-order chi connectivity index (χ1) is 11.5. The van der Waals surface area contributed by atoms with Crippen molar-refractivity contribution in [2.45, 2.75) is 40.0 Å². The van der Waals surface area contributed by atoms with Crippen LogP contribution in [-0.2, 0) is 22.7 Å². The molecule has 6 heteroatoms. The Kier molecular flexibility index (Phi) is 6.75. The van der Waals surface area contributed by atoms with Crippen molar-refractivity contribution in [3.8, 4) is 5.75 Å². The van der Waals surface area contributed by atoms with E-state index in [-0.39, 0.29) is 18.6 Å². The van der Waals surface area contributed by atoms with E-state index >= 15 is 0 Å². The molecule has 1 heterocycles. The number of hydrogen-bond donors (Lipinski definition) is 0. The number of benzene rings is 1. The summed E-state index contributed by atoms with van der Waals surface area (Å²) in [6.07, 6.45) is 0. The number of hydrogen-bond acceptors (Lipinski definition) is 5. The molecule has 5 nitrogen and oxygen atoms in total. The SMILES string of the molecule is COCC(=O)N(Cc1csc(COc2ccc(C)cc2)n1)C(C)C. The molecule has 0 bridgehead atoms. The van der Waals surface area contributed by atoms with E-state index in [0.717, 1.165) is 16.5 Å². The molecule has 0 saturated carbocycles. The van der Waals surface area contributed by atoms with Gasteiger partial charge in [-0.3, -0.25) is 4.79 Å². The highest BCUT2D eigenvalue weighted by Gasteiger charge is 2.18. The summed E-state index contributed by atoms with van der Waals surface area (Å²) >= 11 is 1.55. The zero-order valence-corrected chi connectivity index (χ0v) is 15.4. The molecule has 0 aliphatic heterocycles. The number of ether oxygens (including phenoxy) is 2. The van der Waals surface area contributed by atoms with Crippen LogP contribution in [0.2, 0.25) is 0 Å². The van der Waals surface area contributed by atoms with Crippen molar-refractivity contribution in [1.82, 2.24) is 9.88 Å². The van der Waals surface area contributed by atoms with E-state index in [1.54, 1.807) is 16.2 Å². The number of carbonyl (C=O) groups is 1. The van der Waals surface area contributed by atoms with E-state index in [1.807, 2.05) is 50.4 Å². The minimum Gasteiger partial charge on any atom is -0.486 e. The van der Waals surface area contributed by atoms with Gasteiger partial charge in [-0.15, -0.1) is 11.3 Å². The quantitative estimate of drug-likeness (QED) is 0.733. The second kappa shape index (κ2) is 8.80. The lowest BCUT2D eigenvalue weighted by Crippen LogP contribution is -2.38. The first-order valence-corrected chi connectivity index (χ1v) is 8.78. The minimum atomic E-state index is -0.0297. The summed E-state index contributed by atoms with van der Waals surface area (Å²) in [6, 6.07) is 8.04. The van der Waals surface area contributed by atoms with Crippen LogP contribution < -0.4 is 4.74 Å². The van der Waals surface area contributed by atoms with Crippen LogP contribution in [0.15, 0.2) is 29.6 Å². The fourth-order valence-corrected chi connectivity index (χ4v) is 2.90. The molecule has 0 fully saturated rings. The van der Waals surface area contributed by atoms with Crippen LogP contribution in [0.5, 0.6) is 5.75 Å². The summed E-state index contributed by atoms with van der Waals surface area (Å²) in [5.41, 5.74) is 2.08. The molecule has 1 aromatic heterocycles. The smallest absolute Gasteiger partial charge is 0.249 e. The van der Waals surface area contributed by atoms with Crippen molar-refractivity contribution in [2.75, 3.05) is 13.7 Å². The van der Waals surface area contributed by atoms with Crippen LogP contribution in [0.1, 0.15) is 30.1 Å². The lowest BCUT2D eigenvalue weighted by atomic mass is 10.2. The van der Waals surface area contributed by atoms with Crippen molar-refractivity contribution in [3.63, 3.8) is 0 Å². The van der Waals surface area contributed by atoms with E-state index in [4.69, 9.17) is 9.47 Å². The predicted octanol–water partition coefficient (Wildman–Crippen LogP) is 3.41. The molecular formula is C18H24N2O3S. The van der Waals surface area contributed by atoms with Crippen molar-refractivity contribution in [1.29, 1.82) is 0 Å². The Morgan fingerprint density at radius 2 is 2.00 bits per heavy atom. The molecule has 0 spiro atoms. The maximum Gasteiger partial charge on any atom is 0.249 e. The first-order valence-electron chi connectivity index (χ1n) is 7.90. The van der Waals surface area contributed by atoms with Gasteiger partial charge in [-0.25, -0.2) is 4.98 Å². The minimum absolute atomic E-state index is 0.0297. The number of carbonyl (C=O) groups excluding carboxylic acids is 1. The van der Waals surface area contributed by atoms with E-state index in [9.17, 15) is 4.79 Å². The van der Waals surface area contributed by atoms with E-state index in [0.29, 0.717) is 13.2 Å². The second-order valence-corrected chi connectivity index (χ2v) is 6.83. The fourth-order valence-electron chi connectivity index (χ4n) is 2.21. The Hall–Kier alpha value is -1.92. The van der Waals surface area contributed by atoms with Crippen molar-refractivity contribution in [3.05, 3.63) is 45.9 Å². The summed E-state index contributed by atoms with van der Waals surface area (Å²) in [5, 5.41) is 2.87. The zero-order valence-electron chi connectivity index (χ0n) is 14.6. The highest BCUT2D eigenvalue weighted by Crippen LogP contribution is 2.17. The molecule has 0 aliphatic rings. The van der Waals surface area contributed by atoms with Crippen LogP contribution in [0, 0.1) is 6.92 Å². The standard InChI is InChI=1S/C18H24N2O3S/c1-13(2)20(18(21)11-22-4)9-15-12-24-17(19-15)10-23-16-7-5-14(3)6-8-16/h5-8,12-13H,9-11H2,1-4H3. The van der Waals surface area contributed by atoms with Crippen LogP contribution in [0.4, 0.5) is 0 Å². The molecule has 0 radical (unpaired) electrons. The lowest BCUT2D eigenvalue weighted by molar-refractivity contribution is -0.137. The molecule has 130 valence electrons. The van der Waals surface area contributed by atoms with Gasteiger partial charge in [0.05, 0.1) is 12.2 Å². The lowest BCUT2D eigenvalue weighted by Gasteiger charge is -2.25. The highest BCUT2D eigenvalue weighted by atomic mass is 32.1. The Morgan fingerprint density at radius 3 is 2.62 bits per heavy atom. The molecule has 2 aromatic rings. The largest absolute Gasteiger partial charge is 0.486 e. The second-order valence-electron chi connectivity index (χ2n) is 5.88. The monoisotopic (exact) mass is 348 g/mol. The number of aromatic nitrogens is 1. The Balaban J connectivity index is 1.94. The van der Waals surface area contributed by atoms with Gasteiger partial charge in [0.25, 0.3) is 0 Å². The van der Waals surface area contributed by atoms with E-state index in [1.165, 1.54) is 12.7 Å². The highest BCUT2D eigenvalue weighted by molar-refractivity contribution is 7.09. The summed E-state index contributed by atoms with van der Waals surface area (Å²) in [4.78, 5) is 18.4. The molecule has 0 saturated heterocycles. The molecule has 2 rings (SSSR count). The number of methoxy groups -OCH3 is 1. The van der Waals surface area contributed by atoms with Crippen LogP contribution in [0.25, 0.3) is 0 Å². The maximum absolute atomic E-state index is 12.1. The third-order valence-corrected chi connectivity index (χ3v) is 4.40. The maximum atomic E-state index is 12.1. The van der Waals surface area contributed by atoms with Crippen molar-refractivity contribution < 1.29 is 14.3 Å². The zero-order chi connectivity index (χ0) is 17.5. The van der Waals surface area contributed by atoms with Gasteiger partial charge in [0.2, 0.25) is 5.91 Å².